The topological polar surface area (TPSA) is 78.8 Å². The molecule has 0 aliphatic heterocycles. The highest BCUT2D eigenvalue weighted by molar-refractivity contribution is 5.70. The molecule has 0 unspecified atom stereocenters. The van der Waals surface area contributed by atoms with E-state index in [4.69, 9.17) is 10.00 Å². The van der Waals surface area contributed by atoms with Gasteiger partial charge in [-0.25, -0.2) is 5.10 Å². The van der Waals surface area contributed by atoms with Crippen LogP contribution in [0.4, 0.5) is 0 Å². The first-order valence-electron chi connectivity index (χ1n) is 6.67. The van der Waals surface area contributed by atoms with Crippen LogP contribution in [0.3, 0.4) is 0 Å². The highest BCUT2D eigenvalue weighted by Crippen LogP contribution is 2.16. The van der Waals surface area contributed by atoms with Gasteiger partial charge in [-0.1, -0.05) is 30.9 Å². The second-order valence-corrected chi connectivity index (χ2v) is 4.56. The number of hydrogen-bond donors (Lipinski definition) is 1. The number of H-pyrrole nitrogens is 1. The Morgan fingerprint density at radius 2 is 2.27 bits per heavy atom. The van der Waals surface area contributed by atoms with Crippen LogP contribution in [0.25, 0.3) is 12.2 Å². The van der Waals surface area contributed by atoms with Gasteiger partial charge >= 0.3 is 0 Å². The van der Waals surface area contributed by atoms with Gasteiger partial charge in [-0.3, -0.25) is 4.79 Å². The van der Waals surface area contributed by atoms with E-state index >= 15 is 0 Å². The summed E-state index contributed by atoms with van der Waals surface area (Å²) in [6.45, 7) is 5.75. The van der Waals surface area contributed by atoms with Crippen molar-refractivity contribution in [1.82, 2.24) is 10.2 Å². The average molecular weight is 293 g/mol. The van der Waals surface area contributed by atoms with Crippen molar-refractivity contribution >= 4 is 12.2 Å². The molecule has 0 spiro atoms. The zero-order valence-corrected chi connectivity index (χ0v) is 12.2. The van der Waals surface area contributed by atoms with Gasteiger partial charge in [-0.05, 0) is 36.3 Å². The highest BCUT2D eigenvalue weighted by atomic mass is 16.5. The first-order valence-corrected chi connectivity index (χ1v) is 6.67. The molecule has 1 aromatic heterocycles. The van der Waals surface area contributed by atoms with Crippen molar-refractivity contribution in [3.05, 3.63) is 69.7 Å². The largest absolute Gasteiger partial charge is 0.490 e. The number of nitrogens with zero attached hydrogens (tertiary/aromatic N) is 2. The number of hydrogen-bond acceptors (Lipinski definition) is 4. The van der Waals surface area contributed by atoms with Crippen molar-refractivity contribution in [3.63, 3.8) is 0 Å². The van der Waals surface area contributed by atoms with E-state index in [2.05, 4.69) is 16.8 Å². The van der Waals surface area contributed by atoms with Crippen molar-refractivity contribution in [2.45, 2.75) is 6.92 Å². The first-order chi connectivity index (χ1) is 10.7. The van der Waals surface area contributed by atoms with Gasteiger partial charge in [0.25, 0.3) is 5.56 Å². The molecule has 1 aromatic carbocycles. The van der Waals surface area contributed by atoms with E-state index in [1.54, 1.807) is 19.1 Å². The summed E-state index contributed by atoms with van der Waals surface area (Å²) in [5.74, 6) is 0.742. The van der Waals surface area contributed by atoms with E-state index < -0.39 is 5.56 Å². The molecule has 0 saturated carbocycles. The fourth-order valence-electron chi connectivity index (χ4n) is 1.88. The zero-order valence-electron chi connectivity index (χ0n) is 12.2. The lowest BCUT2D eigenvalue weighted by Gasteiger charge is -2.04. The van der Waals surface area contributed by atoms with Crippen molar-refractivity contribution in [3.8, 4) is 11.8 Å². The molecule has 22 heavy (non-hydrogen) atoms. The minimum atomic E-state index is -0.475. The predicted octanol–water partition coefficient (Wildman–Crippen LogP) is 2.69. The van der Waals surface area contributed by atoms with Crippen molar-refractivity contribution in [2.75, 3.05) is 6.61 Å². The maximum absolute atomic E-state index is 11.5. The van der Waals surface area contributed by atoms with Gasteiger partial charge in [0.2, 0.25) is 0 Å². The Bertz CT molecular complexity index is 813. The van der Waals surface area contributed by atoms with Gasteiger partial charge in [0.15, 0.2) is 0 Å². The number of nitriles is 1. The molecule has 1 heterocycles. The molecule has 2 aromatic rings. The molecule has 0 bridgehead atoms. The molecule has 0 atom stereocenters. The van der Waals surface area contributed by atoms with Crippen molar-refractivity contribution < 1.29 is 4.74 Å². The third kappa shape index (κ3) is 3.49. The number of aromatic nitrogens is 2. The summed E-state index contributed by atoms with van der Waals surface area (Å²) in [6.07, 6.45) is 5.27. The quantitative estimate of drug-likeness (QED) is 0.860. The average Bonchev–Trinajstić information content (AvgIpc) is 2.53. The van der Waals surface area contributed by atoms with Crippen LogP contribution in [-0.4, -0.2) is 16.8 Å². The van der Waals surface area contributed by atoms with Crippen LogP contribution in [0, 0.1) is 18.3 Å². The van der Waals surface area contributed by atoms with E-state index in [9.17, 15) is 4.79 Å². The Morgan fingerprint density at radius 1 is 1.45 bits per heavy atom. The van der Waals surface area contributed by atoms with Crippen LogP contribution in [0.1, 0.15) is 22.4 Å². The fourth-order valence-corrected chi connectivity index (χ4v) is 1.88. The van der Waals surface area contributed by atoms with E-state index in [0.717, 1.165) is 11.3 Å². The van der Waals surface area contributed by atoms with Crippen LogP contribution >= 0.6 is 0 Å². The summed E-state index contributed by atoms with van der Waals surface area (Å²) in [6, 6.07) is 9.43. The number of ether oxygens (including phenoxy) is 1. The Kier molecular flexibility index (Phi) is 4.89. The first kappa shape index (κ1) is 15.3. The molecule has 5 nitrogen and oxygen atoms in total. The van der Waals surface area contributed by atoms with Gasteiger partial charge < -0.3 is 4.74 Å². The molecule has 0 fully saturated rings. The summed E-state index contributed by atoms with van der Waals surface area (Å²) in [4.78, 5) is 11.5. The van der Waals surface area contributed by atoms with Crippen LogP contribution < -0.4 is 10.3 Å². The third-order valence-corrected chi connectivity index (χ3v) is 3.04. The molecule has 0 amide bonds. The standard InChI is InChI=1S/C17H15N3O2/c1-3-9-22-14-6-4-5-13(10-14)7-8-16-12(2)15(11-18)17(21)20-19-16/h3-8,10H,1,9H2,2H3,(H,20,21)/b8-7+. The number of rotatable bonds is 5. The molecule has 0 aliphatic carbocycles. The molecular weight excluding hydrogens is 278 g/mol. The molecule has 0 saturated heterocycles. The number of aromatic amines is 1. The summed E-state index contributed by atoms with van der Waals surface area (Å²) in [7, 11) is 0. The number of benzene rings is 1. The molecule has 1 N–H and O–H groups in total. The van der Waals surface area contributed by atoms with Crippen molar-refractivity contribution in [2.24, 2.45) is 0 Å². The molecule has 5 heteroatoms. The van der Waals surface area contributed by atoms with E-state index in [0.29, 0.717) is 17.9 Å². The highest BCUT2D eigenvalue weighted by Gasteiger charge is 2.07. The third-order valence-electron chi connectivity index (χ3n) is 3.04. The normalized spacial score (nSPS) is 10.4. The smallest absolute Gasteiger partial charge is 0.282 e. The monoisotopic (exact) mass is 293 g/mol. The van der Waals surface area contributed by atoms with Crippen molar-refractivity contribution in [1.29, 1.82) is 5.26 Å². The SMILES string of the molecule is C=CCOc1cccc(/C=C/c2n[nH]c(=O)c(C#N)c2C)c1. The summed E-state index contributed by atoms with van der Waals surface area (Å²) < 4.78 is 5.47. The summed E-state index contributed by atoms with van der Waals surface area (Å²) in [5, 5.41) is 15.3. The lowest BCUT2D eigenvalue weighted by atomic mass is 10.1. The van der Waals surface area contributed by atoms with Gasteiger partial charge in [0.1, 0.15) is 24.0 Å². The summed E-state index contributed by atoms with van der Waals surface area (Å²) >= 11 is 0. The van der Waals surface area contributed by atoms with Crippen LogP contribution in [0.2, 0.25) is 0 Å². The lowest BCUT2D eigenvalue weighted by molar-refractivity contribution is 0.363. The fraction of sp³-hybridized carbons (Fsp3) is 0.118. The minimum Gasteiger partial charge on any atom is -0.490 e. The molecule has 0 aliphatic rings. The minimum absolute atomic E-state index is 0.0812. The van der Waals surface area contributed by atoms with E-state index in [-0.39, 0.29) is 5.56 Å². The van der Waals surface area contributed by atoms with Gasteiger partial charge in [0, 0.05) is 0 Å². The van der Waals surface area contributed by atoms with E-state index in [1.165, 1.54) is 0 Å². The van der Waals surface area contributed by atoms with Crippen LogP contribution in [0.5, 0.6) is 5.75 Å². The maximum atomic E-state index is 11.5. The van der Waals surface area contributed by atoms with Crippen LogP contribution in [0.15, 0.2) is 41.7 Å². The zero-order chi connectivity index (χ0) is 15.9. The Hall–Kier alpha value is -3.13. The number of nitrogens with one attached hydrogen (secondary N) is 1. The predicted molar refractivity (Wildman–Crippen MR) is 85.4 cm³/mol. The molecule has 2 rings (SSSR count). The maximum Gasteiger partial charge on any atom is 0.282 e. The Balaban J connectivity index is 2.28. The second-order valence-electron chi connectivity index (χ2n) is 4.56. The summed E-state index contributed by atoms with van der Waals surface area (Å²) in [5.41, 5.74) is 1.64. The second kappa shape index (κ2) is 7.04. The van der Waals surface area contributed by atoms with Crippen LogP contribution in [-0.2, 0) is 0 Å². The Morgan fingerprint density at radius 3 is 3.00 bits per heavy atom. The molecular formula is C17H15N3O2. The van der Waals surface area contributed by atoms with Gasteiger partial charge in [-0.2, -0.15) is 10.4 Å². The molecule has 0 radical (unpaired) electrons. The van der Waals surface area contributed by atoms with Gasteiger partial charge in [-0.15, -0.1) is 0 Å². The van der Waals surface area contributed by atoms with Gasteiger partial charge in [0.05, 0.1) is 5.69 Å². The molecule has 110 valence electrons. The lowest BCUT2D eigenvalue weighted by Crippen LogP contribution is -2.15. The Labute approximate surface area is 128 Å². The van der Waals surface area contributed by atoms with E-state index in [1.807, 2.05) is 36.4 Å².